The van der Waals surface area contributed by atoms with E-state index in [1.807, 2.05) is 43.3 Å². The van der Waals surface area contributed by atoms with E-state index in [1.54, 1.807) is 6.20 Å². The first-order valence-electron chi connectivity index (χ1n) is 11.1. The predicted octanol–water partition coefficient (Wildman–Crippen LogP) is 3.85. The lowest BCUT2D eigenvalue weighted by Crippen LogP contribution is -2.44. The molecule has 2 aliphatic rings. The minimum atomic E-state index is 0.133. The topological polar surface area (TPSA) is 74.2 Å². The number of hydrogen-bond donors (Lipinski definition) is 1. The van der Waals surface area contributed by atoms with Crippen LogP contribution in [-0.2, 0) is 4.79 Å². The van der Waals surface area contributed by atoms with E-state index in [-0.39, 0.29) is 11.9 Å². The number of amides is 1. The minimum Gasteiger partial charge on any atom is -0.342 e. The number of aromatic nitrogens is 3. The standard InChI is InChI=1S/C23H32N6O/c1-17-8-6-12-21(25-17)27-22-15-24-14-19(26-22)20-11-7-13-29(20)16-23(30)28(2)18-9-4-3-5-10-18/h6,8,12,14-15,18,20H,3-5,7,9-11,13,16H2,1-2H3,(H,25,26,27)/t20-/m0/s1. The van der Waals surface area contributed by atoms with Gasteiger partial charge in [0.25, 0.3) is 0 Å². The molecule has 160 valence electrons. The van der Waals surface area contributed by atoms with Gasteiger partial charge in [0.15, 0.2) is 0 Å². The first-order chi connectivity index (χ1) is 14.6. The van der Waals surface area contributed by atoms with Crippen LogP contribution in [0.15, 0.2) is 30.6 Å². The molecule has 0 radical (unpaired) electrons. The van der Waals surface area contributed by atoms with E-state index in [0.717, 1.165) is 49.4 Å². The van der Waals surface area contributed by atoms with E-state index < -0.39 is 0 Å². The van der Waals surface area contributed by atoms with Crippen molar-refractivity contribution >= 4 is 17.5 Å². The van der Waals surface area contributed by atoms with Crippen molar-refractivity contribution in [3.63, 3.8) is 0 Å². The van der Waals surface area contributed by atoms with Gasteiger partial charge < -0.3 is 10.2 Å². The normalized spacial score (nSPS) is 20.3. The third-order valence-electron chi connectivity index (χ3n) is 6.36. The number of carbonyl (C=O) groups is 1. The molecule has 0 bridgehead atoms. The SMILES string of the molecule is Cc1cccc(Nc2cncc([C@@H]3CCCN3CC(=O)N(C)C3CCCCC3)n2)n1. The second-order valence-corrected chi connectivity index (χ2v) is 8.54. The van der Waals surface area contributed by atoms with Gasteiger partial charge in [0.05, 0.1) is 30.7 Å². The van der Waals surface area contributed by atoms with Crippen molar-refractivity contribution in [1.29, 1.82) is 0 Å². The highest BCUT2D eigenvalue weighted by molar-refractivity contribution is 5.78. The summed E-state index contributed by atoms with van der Waals surface area (Å²) in [4.78, 5) is 30.9. The van der Waals surface area contributed by atoms with E-state index >= 15 is 0 Å². The van der Waals surface area contributed by atoms with Crippen LogP contribution in [-0.4, -0.2) is 56.8 Å². The predicted molar refractivity (Wildman–Crippen MR) is 117 cm³/mol. The molecule has 1 saturated carbocycles. The van der Waals surface area contributed by atoms with Gasteiger partial charge in [-0.1, -0.05) is 25.3 Å². The first-order valence-corrected chi connectivity index (χ1v) is 11.1. The molecule has 1 atom stereocenters. The fourth-order valence-electron chi connectivity index (χ4n) is 4.65. The number of rotatable bonds is 6. The largest absolute Gasteiger partial charge is 0.342 e. The second kappa shape index (κ2) is 9.51. The van der Waals surface area contributed by atoms with Crippen LogP contribution in [0.5, 0.6) is 0 Å². The molecule has 7 nitrogen and oxygen atoms in total. The molecular formula is C23H32N6O. The van der Waals surface area contributed by atoms with Crippen LogP contribution >= 0.6 is 0 Å². The van der Waals surface area contributed by atoms with Crippen molar-refractivity contribution in [2.45, 2.75) is 64.0 Å². The summed E-state index contributed by atoms with van der Waals surface area (Å²) < 4.78 is 0. The van der Waals surface area contributed by atoms with Crippen molar-refractivity contribution in [1.82, 2.24) is 24.8 Å². The maximum absolute atomic E-state index is 12.9. The number of nitrogens with one attached hydrogen (secondary N) is 1. The lowest BCUT2D eigenvalue weighted by atomic mass is 9.94. The summed E-state index contributed by atoms with van der Waals surface area (Å²) in [5.41, 5.74) is 1.87. The van der Waals surface area contributed by atoms with Gasteiger partial charge in [-0.15, -0.1) is 0 Å². The molecule has 1 saturated heterocycles. The van der Waals surface area contributed by atoms with Crippen molar-refractivity contribution < 1.29 is 4.79 Å². The number of anilines is 2. The monoisotopic (exact) mass is 408 g/mol. The number of likely N-dealkylation sites (N-methyl/N-ethyl adjacent to an activating group) is 1. The highest BCUT2D eigenvalue weighted by atomic mass is 16.2. The quantitative estimate of drug-likeness (QED) is 0.783. The highest BCUT2D eigenvalue weighted by Crippen LogP contribution is 2.31. The first kappa shape index (κ1) is 20.7. The van der Waals surface area contributed by atoms with Crippen LogP contribution < -0.4 is 5.32 Å². The van der Waals surface area contributed by atoms with Crippen LogP contribution in [0.4, 0.5) is 11.6 Å². The maximum atomic E-state index is 12.9. The molecule has 1 aliphatic carbocycles. The Kier molecular flexibility index (Phi) is 6.57. The summed E-state index contributed by atoms with van der Waals surface area (Å²) in [6, 6.07) is 6.39. The molecule has 7 heteroatoms. The fraction of sp³-hybridized carbons (Fsp3) is 0.565. The van der Waals surface area contributed by atoms with Crippen molar-refractivity contribution in [2.75, 3.05) is 25.5 Å². The third-order valence-corrected chi connectivity index (χ3v) is 6.36. The summed E-state index contributed by atoms with van der Waals surface area (Å²) in [6.07, 6.45) is 11.7. The Labute approximate surface area is 178 Å². The van der Waals surface area contributed by atoms with Crippen LogP contribution in [0.25, 0.3) is 0 Å². The molecule has 0 aromatic carbocycles. The molecule has 1 aliphatic heterocycles. The molecule has 30 heavy (non-hydrogen) atoms. The van der Waals surface area contributed by atoms with Gasteiger partial charge in [-0.2, -0.15) is 0 Å². The van der Waals surface area contributed by atoms with Crippen molar-refractivity contribution in [3.8, 4) is 0 Å². The average molecular weight is 409 g/mol. The van der Waals surface area contributed by atoms with E-state index in [4.69, 9.17) is 4.98 Å². The summed E-state index contributed by atoms with van der Waals surface area (Å²) in [5.74, 6) is 1.66. The van der Waals surface area contributed by atoms with E-state index in [1.165, 1.54) is 19.3 Å². The lowest BCUT2D eigenvalue weighted by molar-refractivity contribution is -0.134. The second-order valence-electron chi connectivity index (χ2n) is 8.54. The van der Waals surface area contributed by atoms with E-state index in [2.05, 4.69) is 20.2 Å². The number of aryl methyl sites for hydroxylation is 1. The fourth-order valence-corrected chi connectivity index (χ4v) is 4.65. The molecular weight excluding hydrogens is 376 g/mol. The zero-order valence-electron chi connectivity index (χ0n) is 18.0. The Morgan fingerprint density at radius 2 is 1.93 bits per heavy atom. The maximum Gasteiger partial charge on any atom is 0.236 e. The Morgan fingerprint density at radius 3 is 2.73 bits per heavy atom. The average Bonchev–Trinajstić information content (AvgIpc) is 3.22. The molecule has 0 unspecified atom stereocenters. The van der Waals surface area contributed by atoms with Gasteiger partial charge in [0.2, 0.25) is 5.91 Å². The summed E-state index contributed by atoms with van der Waals surface area (Å²) in [5, 5.41) is 3.25. The van der Waals surface area contributed by atoms with Gasteiger partial charge in [-0.3, -0.25) is 14.7 Å². The molecule has 2 aromatic heterocycles. The van der Waals surface area contributed by atoms with Crippen LogP contribution in [0.2, 0.25) is 0 Å². The molecule has 4 rings (SSSR count). The van der Waals surface area contributed by atoms with Crippen LogP contribution in [0, 0.1) is 6.92 Å². The number of nitrogens with zero attached hydrogens (tertiary/aromatic N) is 5. The molecule has 3 heterocycles. The number of likely N-dealkylation sites (tertiary alicyclic amines) is 1. The third kappa shape index (κ3) is 4.95. The van der Waals surface area contributed by atoms with Gasteiger partial charge in [-0.25, -0.2) is 9.97 Å². The van der Waals surface area contributed by atoms with E-state index in [9.17, 15) is 4.79 Å². The smallest absolute Gasteiger partial charge is 0.236 e. The van der Waals surface area contributed by atoms with Crippen LogP contribution in [0.1, 0.15) is 62.4 Å². The molecule has 2 fully saturated rings. The summed E-state index contributed by atoms with van der Waals surface area (Å²) in [6.45, 7) is 3.34. The highest BCUT2D eigenvalue weighted by Gasteiger charge is 2.31. The Bertz CT molecular complexity index is 866. The minimum absolute atomic E-state index is 0.133. The number of carbonyl (C=O) groups excluding carboxylic acids is 1. The van der Waals surface area contributed by atoms with Gasteiger partial charge in [0, 0.05) is 18.8 Å². The van der Waals surface area contributed by atoms with Gasteiger partial charge in [0.1, 0.15) is 11.6 Å². The number of hydrogen-bond acceptors (Lipinski definition) is 6. The molecule has 1 N–H and O–H groups in total. The van der Waals surface area contributed by atoms with Crippen molar-refractivity contribution in [2.24, 2.45) is 0 Å². The molecule has 2 aromatic rings. The lowest BCUT2D eigenvalue weighted by Gasteiger charge is -2.33. The molecule has 0 spiro atoms. The summed E-state index contributed by atoms with van der Waals surface area (Å²) in [7, 11) is 1.97. The Hall–Kier alpha value is -2.54. The van der Waals surface area contributed by atoms with E-state index in [0.29, 0.717) is 18.4 Å². The van der Waals surface area contributed by atoms with Gasteiger partial charge >= 0.3 is 0 Å². The van der Waals surface area contributed by atoms with Crippen molar-refractivity contribution in [3.05, 3.63) is 42.0 Å². The zero-order chi connectivity index (χ0) is 20.9. The Morgan fingerprint density at radius 1 is 1.10 bits per heavy atom. The zero-order valence-corrected chi connectivity index (χ0v) is 18.0. The Balaban J connectivity index is 1.42. The van der Waals surface area contributed by atoms with Crippen LogP contribution in [0.3, 0.4) is 0 Å². The molecule has 1 amide bonds. The summed E-state index contributed by atoms with van der Waals surface area (Å²) >= 11 is 0. The number of pyridine rings is 1. The van der Waals surface area contributed by atoms with Gasteiger partial charge in [-0.05, 0) is 51.3 Å².